The molecular weight excluding hydrogens is 404 g/mol. The highest BCUT2D eigenvalue weighted by molar-refractivity contribution is 5.76. The third kappa shape index (κ3) is 8.69. The molecule has 7 heteroatoms. The maximum absolute atomic E-state index is 12.1. The lowest BCUT2D eigenvalue weighted by Crippen LogP contribution is -2.43. The number of nitrogens with one attached hydrogen (secondary N) is 3. The number of benzene rings is 1. The number of rotatable bonds is 10. The van der Waals surface area contributed by atoms with Gasteiger partial charge >= 0.3 is 6.03 Å². The van der Waals surface area contributed by atoms with E-state index in [0.29, 0.717) is 31.3 Å². The summed E-state index contributed by atoms with van der Waals surface area (Å²) in [7, 11) is 1.69. The van der Waals surface area contributed by atoms with Gasteiger partial charge in [-0.05, 0) is 68.8 Å². The van der Waals surface area contributed by atoms with Crippen LogP contribution >= 0.6 is 0 Å². The maximum Gasteiger partial charge on any atom is 0.315 e. The predicted molar refractivity (Wildman–Crippen MR) is 127 cm³/mol. The SMILES string of the molecule is COc1ccc(CN2CCC(CNC(=O)CCCNC(=O)NC3CCCCC3)CC2)cc1. The van der Waals surface area contributed by atoms with Crippen LogP contribution in [0.3, 0.4) is 0 Å². The number of urea groups is 1. The molecular formula is C25H40N4O3. The minimum Gasteiger partial charge on any atom is -0.497 e. The number of carbonyl (C=O) groups excluding carboxylic acids is 2. The van der Waals surface area contributed by atoms with Crippen molar-refractivity contribution in [2.75, 3.05) is 33.3 Å². The zero-order valence-corrected chi connectivity index (χ0v) is 19.5. The van der Waals surface area contributed by atoms with E-state index < -0.39 is 0 Å². The standard InChI is InChI=1S/C25H40N4O3/c1-32-23-11-9-21(10-12-23)19-29-16-13-20(14-17-29)18-27-24(30)8-5-15-26-25(31)28-22-6-3-2-4-7-22/h9-12,20,22H,2-8,13-19H2,1H3,(H,27,30)(H2,26,28,31). The minimum atomic E-state index is -0.0984. The smallest absolute Gasteiger partial charge is 0.315 e. The fourth-order valence-electron chi connectivity index (χ4n) is 4.62. The van der Waals surface area contributed by atoms with Crippen LogP contribution in [0, 0.1) is 5.92 Å². The summed E-state index contributed by atoms with van der Waals surface area (Å²) in [5, 5.41) is 9.00. The molecule has 0 unspecified atom stereocenters. The summed E-state index contributed by atoms with van der Waals surface area (Å²) in [4.78, 5) is 26.5. The Morgan fingerprint density at radius 2 is 1.72 bits per heavy atom. The summed E-state index contributed by atoms with van der Waals surface area (Å²) >= 11 is 0. The van der Waals surface area contributed by atoms with E-state index in [1.165, 1.54) is 24.8 Å². The third-order valence-electron chi connectivity index (χ3n) is 6.67. The molecule has 3 amide bonds. The molecule has 1 saturated heterocycles. The van der Waals surface area contributed by atoms with E-state index >= 15 is 0 Å². The summed E-state index contributed by atoms with van der Waals surface area (Å²) in [6, 6.07) is 8.49. The van der Waals surface area contributed by atoms with Crippen LogP contribution in [-0.2, 0) is 11.3 Å². The fourth-order valence-corrected chi connectivity index (χ4v) is 4.62. The number of nitrogens with zero attached hydrogens (tertiary/aromatic N) is 1. The van der Waals surface area contributed by atoms with Crippen molar-refractivity contribution in [3.63, 3.8) is 0 Å². The first kappa shape index (κ1) is 24.4. The van der Waals surface area contributed by atoms with Gasteiger partial charge in [0.2, 0.25) is 5.91 Å². The van der Waals surface area contributed by atoms with Crippen molar-refractivity contribution in [3.05, 3.63) is 29.8 Å². The van der Waals surface area contributed by atoms with Gasteiger partial charge < -0.3 is 20.7 Å². The second-order valence-corrected chi connectivity index (χ2v) is 9.21. The van der Waals surface area contributed by atoms with Crippen molar-refractivity contribution in [2.24, 2.45) is 5.92 Å². The lowest BCUT2D eigenvalue weighted by molar-refractivity contribution is -0.121. The van der Waals surface area contributed by atoms with Gasteiger partial charge in [0.05, 0.1) is 7.11 Å². The predicted octanol–water partition coefficient (Wildman–Crippen LogP) is 3.44. The largest absolute Gasteiger partial charge is 0.497 e. The molecule has 32 heavy (non-hydrogen) atoms. The Morgan fingerprint density at radius 3 is 2.41 bits per heavy atom. The number of ether oxygens (including phenoxy) is 1. The molecule has 7 nitrogen and oxygen atoms in total. The highest BCUT2D eigenvalue weighted by atomic mass is 16.5. The molecule has 1 heterocycles. The van der Waals surface area contributed by atoms with Crippen LogP contribution in [0.1, 0.15) is 63.4 Å². The highest BCUT2D eigenvalue weighted by Gasteiger charge is 2.20. The molecule has 0 bridgehead atoms. The first-order valence-electron chi connectivity index (χ1n) is 12.3. The van der Waals surface area contributed by atoms with E-state index in [2.05, 4.69) is 33.0 Å². The molecule has 3 N–H and O–H groups in total. The number of likely N-dealkylation sites (tertiary alicyclic amines) is 1. The summed E-state index contributed by atoms with van der Waals surface area (Å²) < 4.78 is 5.22. The monoisotopic (exact) mass is 444 g/mol. The first-order chi connectivity index (χ1) is 15.6. The van der Waals surface area contributed by atoms with Crippen molar-refractivity contribution in [2.45, 2.75) is 70.4 Å². The molecule has 1 aromatic carbocycles. The number of methoxy groups -OCH3 is 1. The third-order valence-corrected chi connectivity index (χ3v) is 6.67. The Balaban J connectivity index is 1.21. The lowest BCUT2D eigenvalue weighted by Gasteiger charge is -2.32. The van der Waals surface area contributed by atoms with Crippen LogP contribution in [0.5, 0.6) is 5.75 Å². The second-order valence-electron chi connectivity index (χ2n) is 9.21. The van der Waals surface area contributed by atoms with Gasteiger partial charge in [-0.15, -0.1) is 0 Å². The molecule has 2 aliphatic rings. The van der Waals surface area contributed by atoms with E-state index in [9.17, 15) is 9.59 Å². The molecule has 3 rings (SSSR count). The minimum absolute atomic E-state index is 0.0835. The van der Waals surface area contributed by atoms with Crippen molar-refractivity contribution >= 4 is 11.9 Å². The van der Waals surface area contributed by atoms with Crippen molar-refractivity contribution in [3.8, 4) is 5.75 Å². The molecule has 1 saturated carbocycles. The van der Waals surface area contributed by atoms with Crippen molar-refractivity contribution in [1.82, 2.24) is 20.9 Å². The Bertz CT molecular complexity index is 696. The zero-order chi connectivity index (χ0) is 22.6. The molecule has 1 aliphatic carbocycles. The molecule has 1 aromatic rings. The van der Waals surface area contributed by atoms with Gasteiger partial charge in [-0.1, -0.05) is 31.4 Å². The van der Waals surface area contributed by atoms with Gasteiger partial charge in [-0.2, -0.15) is 0 Å². The quantitative estimate of drug-likeness (QED) is 0.483. The van der Waals surface area contributed by atoms with Gasteiger partial charge in [-0.25, -0.2) is 4.79 Å². The first-order valence-corrected chi connectivity index (χ1v) is 12.3. The summed E-state index contributed by atoms with van der Waals surface area (Å²) in [5.41, 5.74) is 1.30. The van der Waals surface area contributed by atoms with E-state index in [-0.39, 0.29) is 11.9 Å². The Hall–Kier alpha value is -2.28. The van der Waals surface area contributed by atoms with Crippen molar-refractivity contribution < 1.29 is 14.3 Å². The van der Waals surface area contributed by atoms with Crippen LogP contribution in [0.2, 0.25) is 0 Å². The average Bonchev–Trinajstić information content (AvgIpc) is 2.82. The average molecular weight is 445 g/mol. The van der Waals surface area contributed by atoms with Crippen LogP contribution in [0.15, 0.2) is 24.3 Å². The van der Waals surface area contributed by atoms with E-state index in [0.717, 1.165) is 57.6 Å². The fraction of sp³-hybridized carbons (Fsp3) is 0.680. The maximum atomic E-state index is 12.1. The molecule has 178 valence electrons. The highest BCUT2D eigenvalue weighted by Crippen LogP contribution is 2.20. The summed E-state index contributed by atoms with van der Waals surface area (Å²) in [5.74, 6) is 1.52. The molecule has 1 aliphatic heterocycles. The Morgan fingerprint density at radius 1 is 1.00 bits per heavy atom. The summed E-state index contributed by atoms with van der Waals surface area (Å²) in [6.45, 7) is 4.38. The number of amides is 3. The Labute approximate surface area is 192 Å². The van der Waals surface area contributed by atoms with Crippen LogP contribution < -0.4 is 20.7 Å². The molecule has 0 spiro atoms. The van der Waals surface area contributed by atoms with E-state index in [1.54, 1.807) is 7.11 Å². The van der Waals surface area contributed by atoms with Gasteiger partial charge in [0.25, 0.3) is 0 Å². The van der Waals surface area contributed by atoms with Gasteiger partial charge in [-0.3, -0.25) is 9.69 Å². The topological polar surface area (TPSA) is 82.7 Å². The number of hydrogen-bond donors (Lipinski definition) is 3. The number of piperidine rings is 1. The molecule has 0 radical (unpaired) electrons. The Kier molecular flexibility index (Phi) is 10.1. The lowest BCUT2D eigenvalue weighted by atomic mass is 9.96. The van der Waals surface area contributed by atoms with E-state index in [4.69, 9.17) is 4.74 Å². The van der Waals surface area contributed by atoms with Gasteiger partial charge in [0.15, 0.2) is 0 Å². The molecule has 0 aromatic heterocycles. The normalized spacial score (nSPS) is 18.2. The van der Waals surface area contributed by atoms with E-state index in [1.807, 2.05) is 12.1 Å². The van der Waals surface area contributed by atoms with Crippen LogP contribution in [0.4, 0.5) is 4.79 Å². The summed E-state index contributed by atoms with van der Waals surface area (Å²) in [6.07, 6.45) is 9.19. The number of hydrogen-bond acceptors (Lipinski definition) is 4. The van der Waals surface area contributed by atoms with Crippen LogP contribution in [0.25, 0.3) is 0 Å². The second kappa shape index (κ2) is 13.3. The molecule has 0 atom stereocenters. The molecule has 2 fully saturated rings. The zero-order valence-electron chi connectivity index (χ0n) is 19.5. The van der Waals surface area contributed by atoms with Gasteiger partial charge in [0, 0.05) is 32.1 Å². The van der Waals surface area contributed by atoms with Crippen molar-refractivity contribution in [1.29, 1.82) is 0 Å². The van der Waals surface area contributed by atoms with Gasteiger partial charge in [0.1, 0.15) is 5.75 Å². The number of carbonyl (C=O) groups is 2. The van der Waals surface area contributed by atoms with Crippen LogP contribution in [-0.4, -0.2) is 56.2 Å².